The van der Waals surface area contributed by atoms with Gasteiger partial charge in [-0.05, 0) is 6.92 Å². The van der Waals surface area contributed by atoms with E-state index in [9.17, 15) is 4.79 Å². The molecular weight excluding hydrogens is 118 g/mol. The largest absolute Gasteiger partial charge is 0.478 e. The fourth-order valence-electron chi connectivity index (χ4n) is 0. The van der Waals surface area contributed by atoms with Gasteiger partial charge < -0.3 is 10.4 Å². The van der Waals surface area contributed by atoms with Crippen LogP contribution >= 0.6 is 0 Å². The van der Waals surface area contributed by atoms with E-state index < -0.39 is 5.97 Å². The Labute approximate surface area is 54.4 Å². The maximum Gasteiger partial charge on any atom is 0.330 e. The van der Waals surface area contributed by atoms with E-state index in [0.29, 0.717) is 0 Å². The average Bonchev–Trinajstić information content (AvgIpc) is 2.46. The molecule has 9 heavy (non-hydrogen) atoms. The van der Waals surface area contributed by atoms with Crippen molar-refractivity contribution in [2.24, 2.45) is 0 Å². The maximum atomic E-state index is 9.60. The molecule has 1 aliphatic rings. The lowest BCUT2D eigenvalue weighted by atomic mass is 10.4. The van der Waals surface area contributed by atoms with E-state index in [1.165, 1.54) is 20.0 Å². The molecule has 2 N–H and O–H groups in total. The first-order chi connectivity index (χ1) is 4.14. The minimum Gasteiger partial charge on any atom is -0.478 e. The molecule has 1 rings (SSSR count). The molecule has 1 heterocycles. The number of carboxylic acid groups (broad SMARTS) is 1. The van der Waals surface area contributed by atoms with E-state index in [1.807, 2.05) is 0 Å². The van der Waals surface area contributed by atoms with Crippen molar-refractivity contribution in [3.8, 4) is 0 Å². The van der Waals surface area contributed by atoms with E-state index in [1.54, 1.807) is 0 Å². The van der Waals surface area contributed by atoms with Gasteiger partial charge >= 0.3 is 5.97 Å². The highest BCUT2D eigenvalue weighted by molar-refractivity contribution is 5.84. The van der Waals surface area contributed by atoms with Crippen LogP contribution in [0, 0.1) is 0 Å². The third-order valence-electron chi connectivity index (χ3n) is 0.615. The van der Waals surface area contributed by atoms with Crippen LogP contribution in [0.25, 0.3) is 0 Å². The third kappa shape index (κ3) is 11.0. The van der Waals surface area contributed by atoms with Crippen molar-refractivity contribution >= 4 is 5.97 Å². The summed E-state index contributed by atoms with van der Waals surface area (Å²) in [5.74, 6) is -0.935. The van der Waals surface area contributed by atoms with Gasteiger partial charge in [0.15, 0.2) is 0 Å². The first-order valence-corrected chi connectivity index (χ1v) is 2.74. The number of rotatable bonds is 1. The Balaban J connectivity index is 0.000000173. The average molecular weight is 129 g/mol. The molecule has 0 aromatic heterocycles. The Hall–Kier alpha value is -0.830. The number of carboxylic acids is 1. The summed E-state index contributed by atoms with van der Waals surface area (Å²) >= 11 is 0. The Morgan fingerprint density at radius 2 is 1.89 bits per heavy atom. The van der Waals surface area contributed by atoms with E-state index >= 15 is 0 Å². The van der Waals surface area contributed by atoms with Crippen molar-refractivity contribution in [3.63, 3.8) is 0 Å². The number of nitrogens with one attached hydrogen (secondary N) is 1. The fraction of sp³-hybridized carbons (Fsp3) is 0.500. The molecule has 1 aliphatic heterocycles. The second kappa shape index (κ2) is 4.09. The highest BCUT2D eigenvalue weighted by Gasteiger charge is 1.91. The Kier molecular flexibility index (Phi) is 3.71. The number of hydrogen-bond donors (Lipinski definition) is 2. The maximum absolute atomic E-state index is 9.60. The van der Waals surface area contributed by atoms with Crippen LogP contribution in [0.1, 0.15) is 6.92 Å². The molecular formula is C6H11NO2. The lowest BCUT2D eigenvalue weighted by molar-refractivity contribution is -0.132. The summed E-state index contributed by atoms with van der Waals surface area (Å²) in [5.41, 5.74) is 0.176. The van der Waals surface area contributed by atoms with Gasteiger partial charge in [-0.1, -0.05) is 6.58 Å². The highest BCUT2D eigenvalue weighted by atomic mass is 16.4. The molecule has 0 spiro atoms. The van der Waals surface area contributed by atoms with Crippen LogP contribution in [0.5, 0.6) is 0 Å². The van der Waals surface area contributed by atoms with Crippen molar-refractivity contribution in [1.29, 1.82) is 0 Å². The van der Waals surface area contributed by atoms with Crippen molar-refractivity contribution in [2.75, 3.05) is 13.1 Å². The summed E-state index contributed by atoms with van der Waals surface area (Å²) in [6.07, 6.45) is 0. The topological polar surface area (TPSA) is 59.2 Å². The second-order valence-corrected chi connectivity index (χ2v) is 1.84. The van der Waals surface area contributed by atoms with Crippen LogP contribution in [0.4, 0.5) is 0 Å². The zero-order valence-electron chi connectivity index (χ0n) is 5.48. The van der Waals surface area contributed by atoms with Crippen LogP contribution in [-0.4, -0.2) is 24.2 Å². The van der Waals surface area contributed by atoms with Crippen LogP contribution < -0.4 is 5.32 Å². The summed E-state index contributed by atoms with van der Waals surface area (Å²) in [4.78, 5) is 9.60. The first kappa shape index (κ1) is 8.17. The van der Waals surface area contributed by atoms with E-state index in [-0.39, 0.29) is 5.57 Å². The molecule has 0 amide bonds. The third-order valence-corrected chi connectivity index (χ3v) is 0.615. The normalized spacial score (nSPS) is 13.0. The van der Waals surface area contributed by atoms with Crippen LogP contribution in [0.3, 0.4) is 0 Å². The molecule has 0 aromatic carbocycles. The van der Waals surface area contributed by atoms with E-state index in [2.05, 4.69) is 11.9 Å². The molecule has 0 atom stereocenters. The van der Waals surface area contributed by atoms with Crippen molar-refractivity contribution in [1.82, 2.24) is 5.32 Å². The quantitative estimate of drug-likeness (QED) is 0.393. The predicted molar refractivity (Wildman–Crippen MR) is 35.3 cm³/mol. The zero-order valence-corrected chi connectivity index (χ0v) is 5.48. The number of hydrogen-bond acceptors (Lipinski definition) is 2. The second-order valence-electron chi connectivity index (χ2n) is 1.84. The molecule has 52 valence electrons. The standard InChI is InChI=1S/C4H6O2.C2H5N/c1-3(2)4(5)6;1-2-3-1/h1H2,2H3,(H,5,6);3H,1-2H2. The van der Waals surface area contributed by atoms with Gasteiger partial charge in [0, 0.05) is 18.7 Å². The first-order valence-electron chi connectivity index (χ1n) is 2.74. The summed E-state index contributed by atoms with van der Waals surface area (Å²) in [6, 6.07) is 0. The van der Waals surface area contributed by atoms with Crippen LogP contribution in [0.2, 0.25) is 0 Å². The minimum atomic E-state index is -0.935. The van der Waals surface area contributed by atoms with Crippen molar-refractivity contribution < 1.29 is 9.90 Å². The molecule has 0 unspecified atom stereocenters. The highest BCUT2D eigenvalue weighted by Crippen LogP contribution is 1.81. The van der Waals surface area contributed by atoms with Crippen molar-refractivity contribution in [2.45, 2.75) is 6.92 Å². The van der Waals surface area contributed by atoms with Gasteiger partial charge in [0.05, 0.1) is 0 Å². The lowest BCUT2D eigenvalue weighted by Gasteiger charge is -1.79. The lowest BCUT2D eigenvalue weighted by Crippen LogP contribution is -1.92. The molecule has 0 bridgehead atoms. The van der Waals surface area contributed by atoms with Crippen LogP contribution in [0.15, 0.2) is 12.2 Å². The zero-order chi connectivity index (χ0) is 7.28. The summed E-state index contributed by atoms with van der Waals surface area (Å²) in [6.45, 7) is 7.10. The van der Waals surface area contributed by atoms with E-state index in [0.717, 1.165) is 0 Å². The molecule has 0 aliphatic carbocycles. The van der Waals surface area contributed by atoms with Gasteiger partial charge in [-0.15, -0.1) is 0 Å². The van der Waals surface area contributed by atoms with Gasteiger partial charge in [0.2, 0.25) is 0 Å². The summed E-state index contributed by atoms with van der Waals surface area (Å²) in [5, 5.41) is 10.9. The molecule has 3 nitrogen and oxygen atoms in total. The van der Waals surface area contributed by atoms with Crippen molar-refractivity contribution in [3.05, 3.63) is 12.2 Å². The molecule has 0 saturated carbocycles. The Morgan fingerprint density at radius 1 is 1.67 bits per heavy atom. The molecule has 3 heteroatoms. The minimum absolute atomic E-state index is 0.176. The summed E-state index contributed by atoms with van der Waals surface area (Å²) in [7, 11) is 0. The van der Waals surface area contributed by atoms with Gasteiger partial charge in [0.25, 0.3) is 0 Å². The molecule has 0 radical (unpaired) electrons. The molecule has 1 saturated heterocycles. The van der Waals surface area contributed by atoms with Gasteiger partial charge in [-0.3, -0.25) is 0 Å². The monoisotopic (exact) mass is 129 g/mol. The van der Waals surface area contributed by atoms with Gasteiger partial charge in [0.1, 0.15) is 0 Å². The van der Waals surface area contributed by atoms with Gasteiger partial charge in [-0.25, -0.2) is 4.79 Å². The van der Waals surface area contributed by atoms with E-state index in [4.69, 9.17) is 5.11 Å². The number of carbonyl (C=O) groups is 1. The molecule has 0 aromatic rings. The summed E-state index contributed by atoms with van der Waals surface area (Å²) < 4.78 is 0. The fourth-order valence-corrected chi connectivity index (χ4v) is 0. The predicted octanol–water partition coefficient (Wildman–Crippen LogP) is 0.237. The number of aliphatic carboxylic acids is 1. The SMILES string of the molecule is C1CN1.C=C(C)C(=O)O. The molecule has 1 fully saturated rings. The van der Waals surface area contributed by atoms with Gasteiger partial charge in [-0.2, -0.15) is 0 Å². The van der Waals surface area contributed by atoms with Crippen LogP contribution in [-0.2, 0) is 4.79 Å². The smallest absolute Gasteiger partial charge is 0.330 e. The Bertz CT molecular complexity index is 103. The Morgan fingerprint density at radius 3 is 1.89 bits per heavy atom.